The van der Waals surface area contributed by atoms with Crippen LogP contribution < -0.4 is 16.2 Å². The Balaban J connectivity index is 1.39. The summed E-state index contributed by atoms with van der Waals surface area (Å²) < 4.78 is 6.95. The molecule has 1 aliphatic heterocycles. The number of carbonyl (C=O) groups excluding carboxylic acids is 2. The SMILES string of the molecule is CCCCc1ccccc1C(=O)Nc1cccc(-c2cn(CC)c(=O)c(Nc3ccc(C(=O)N4CCOCC4)cc3)n2)c1C. The maximum absolute atomic E-state index is 13.3. The van der Waals surface area contributed by atoms with Crippen molar-refractivity contribution in [2.24, 2.45) is 0 Å². The molecule has 2 heterocycles. The zero-order chi connectivity index (χ0) is 31.1. The van der Waals surface area contributed by atoms with Gasteiger partial charge in [0.15, 0.2) is 5.82 Å². The molecular formula is C35H39N5O4. The molecule has 2 amide bonds. The molecule has 228 valence electrons. The van der Waals surface area contributed by atoms with Gasteiger partial charge in [-0.3, -0.25) is 14.4 Å². The predicted molar refractivity (Wildman–Crippen MR) is 174 cm³/mol. The molecule has 0 bridgehead atoms. The third-order valence-electron chi connectivity index (χ3n) is 7.93. The molecule has 4 aromatic rings. The summed E-state index contributed by atoms with van der Waals surface area (Å²) in [5, 5.41) is 6.25. The van der Waals surface area contributed by atoms with Crippen LogP contribution in [-0.4, -0.2) is 52.6 Å². The quantitative estimate of drug-likeness (QED) is 0.232. The highest BCUT2D eigenvalue weighted by atomic mass is 16.5. The Kier molecular flexibility index (Phi) is 9.86. The highest BCUT2D eigenvalue weighted by Crippen LogP contribution is 2.29. The Labute approximate surface area is 257 Å². The summed E-state index contributed by atoms with van der Waals surface area (Å²) in [5.74, 6) is -0.0168. The normalized spacial score (nSPS) is 13.0. The molecule has 1 saturated heterocycles. The first-order chi connectivity index (χ1) is 21.4. The van der Waals surface area contributed by atoms with Crippen LogP contribution in [0.1, 0.15) is 58.5 Å². The van der Waals surface area contributed by atoms with Crippen LogP contribution in [0.3, 0.4) is 0 Å². The van der Waals surface area contributed by atoms with E-state index in [1.54, 1.807) is 39.9 Å². The Bertz CT molecular complexity index is 1690. The summed E-state index contributed by atoms with van der Waals surface area (Å²) in [5.41, 5.74) is 5.61. The second-order valence-electron chi connectivity index (χ2n) is 10.9. The number of aromatic nitrogens is 2. The average molecular weight is 594 g/mol. The zero-order valence-electron chi connectivity index (χ0n) is 25.6. The minimum Gasteiger partial charge on any atom is -0.378 e. The number of amides is 2. The van der Waals surface area contributed by atoms with E-state index in [1.165, 1.54) is 0 Å². The lowest BCUT2D eigenvalue weighted by Gasteiger charge is -2.26. The summed E-state index contributed by atoms with van der Waals surface area (Å²) in [4.78, 5) is 45.9. The first-order valence-electron chi connectivity index (χ1n) is 15.2. The first kappa shape index (κ1) is 30.7. The number of benzene rings is 3. The van der Waals surface area contributed by atoms with Crippen molar-refractivity contribution in [3.05, 3.63) is 106 Å². The van der Waals surface area contributed by atoms with Gasteiger partial charge in [-0.05, 0) is 74.2 Å². The van der Waals surface area contributed by atoms with Crippen LogP contribution in [0.25, 0.3) is 11.3 Å². The molecule has 0 atom stereocenters. The van der Waals surface area contributed by atoms with Crippen molar-refractivity contribution in [3.63, 3.8) is 0 Å². The van der Waals surface area contributed by atoms with Crippen LogP contribution in [0.4, 0.5) is 17.2 Å². The Hall–Kier alpha value is -4.76. The number of rotatable bonds is 10. The van der Waals surface area contributed by atoms with Gasteiger partial charge < -0.3 is 24.8 Å². The van der Waals surface area contributed by atoms with E-state index in [-0.39, 0.29) is 23.2 Å². The van der Waals surface area contributed by atoms with Crippen molar-refractivity contribution in [1.29, 1.82) is 0 Å². The summed E-state index contributed by atoms with van der Waals surface area (Å²) in [6.45, 7) is 8.66. The lowest BCUT2D eigenvalue weighted by atomic mass is 10.0. The highest BCUT2D eigenvalue weighted by molar-refractivity contribution is 6.06. The van der Waals surface area contributed by atoms with Crippen molar-refractivity contribution < 1.29 is 14.3 Å². The number of hydrogen-bond acceptors (Lipinski definition) is 6. The van der Waals surface area contributed by atoms with Crippen LogP contribution >= 0.6 is 0 Å². The van der Waals surface area contributed by atoms with Crippen LogP contribution in [0, 0.1) is 6.92 Å². The number of morpholine rings is 1. The van der Waals surface area contributed by atoms with E-state index in [1.807, 2.05) is 56.3 Å². The lowest BCUT2D eigenvalue weighted by molar-refractivity contribution is 0.0303. The third kappa shape index (κ3) is 6.89. The van der Waals surface area contributed by atoms with Crippen LogP contribution in [0.2, 0.25) is 0 Å². The van der Waals surface area contributed by atoms with Crippen molar-refractivity contribution in [2.45, 2.75) is 46.6 Å². The second kappa shape index (κ2) is 14.1. The fraction of sp³-hybridized carbons (Fsp3) is 0.314. The zero-order valence-corrected chi connectivity index (χ0v) is 25.6. The average Bonchev–Trinajstić information content (AvgIpc) is 3.06. The summed E-state index contributed by atoms with van der Waals surface area (Å²) in [7, 11) is 0. The van der Waals surface area contributed by atoms with Crippen LogP contribution in [0.5, 0.6) is 0 Å². The Morgan fingerprint density at radius 3 is 2.43 bits per heavy atom. The lowest BCUT2D eigenvalue weighted by Crippen LogP contribution is -2.40. The molecule has 0 unspecified atom stereocenters. The number of aryl methyl sites for hydroxylation is 2. The monoisotopic (exact) mass is 593 g/mol. The van der Waals surface area contributed by atoms with Gasteiger partial charge in [-0.15, -0.1) is 0 Å². The number of hydrogen-bond donors (Lipinski definition) is 2. The number of nitrogens with one attached hydrogen (secondary N) is 2. The summed E-state index contributed by atoms with van der Waals surface area (Å²) >= 11 is 0. The molecule has 1 aromatic heterocycles. The first-order valence-corrected chi connectivity index (χ1v) is 15.2. The Morgan fingerprint density at radius 1 is 0.955 bits per heavy atom. The van der Waals surface area contributed by atoms with E-state index in [0.29, 0.717) is 61.0 Å². The standard InChI is InChI=1S/C35H39N5O4/c1-4-6-10-25-11-7-8-12-29(25)33(41)38-30-14-9-13-28(24(30)3)31-23-39(5-2)35(43)32(37-31)36-27-17-15-26(16-18-27)34(42)40-19-21-44-22-20-40/h7-9,11-18,23H,4-6,10,19-22H2,1-3H3,(H,36,37)(H,38,41). The van der Waals surface area contributed by atoms with Gasteiger partial charge in [-0.2, -0.15) is 0 Å². The topological polar surface area (TPSA) is 106 Å². The number of carbonyl (C=O) groups is 2. The van der Waals surface area contributed by atoms with Crippen molar-refractivity contribution >= 4 is 29.0 Å². The summed E-state index contributed by atoms with van der Waals surface area (Å²) in [6.07, 6.45) is 4.67. The van der Waals surface area contributed by atoms with Crippen molar-refractivity contribution in [3.8, 4) is 11.3 Å². The largest absolute Gasteiger partial charge is 0.378 e. The Morgan fingerprint density at radius 2 is 1.70 bits per heavy atom. The molecule has 0 radical (unpaired) electrons. The van der Waals surface area contributed by atoms with Gasteiger partial charge in [-0.1, -0.05) is 43.7 Å². The molecule has 2 N–H and O–H groups in total. The van der Waals surface area contributed by atoms with Gasteiger partial charge in [-0.25, -0.2) is 4.98 Å². The van der Waals surface area contributed by atoms with Gasteiger partial charge in [0.1, 0.15) is 0 Å². The fourth-order valence-electron chi connectivity index (χ4n) is 5.33. The van der Waals surface area contributed by atoms with E-state index < -0.39 is 0 Å². The summed E-state index contributed by atoms with van der Waals surface area (Å²) in [6, 6.07) is 20.5. The predicted octanol–water partition coefficient (Wildman–Crippen LogP) is 6.05. The third-order valence-corrected chi connectivity index (χ3v) is 7.93. The van der Waals surface area contributed by atoms with Gasteiger partial charge in [0.05, 0.1) is 18.9 Å². The van der Waals surface area contributed by atoms with Gasteiger partial charge in [0.2, 0.25) is 0 Å². The minimum absolute atomic E-state index is 0.0415. The molecule has 1 aliphatic rings. The maximum Gasteiger partial charge on any atom is 0.293 e. The van der Waals surface area contributed by atoms with E-state index >= 15 is 0 Å². The van der Waals surface area contributed by atoms with Crippen LogP contribution in [0.15, 0.2) is 77.7 Å². The van der Waals surface area contributed by atoms with Crippen LogP contribution in [-0.2, 0) is 17.7 Å². The molecule has 9 heteroatoms. The molecule has 9 nitrogen and oxygen atoms in total. The van der Waals surface area contributed by atoms with E-state index in [2.05, 4.69) is 17.6 Å². The van der Waals surface area contributed by atoms with E-state index in [9.17, 15) is 14.4 Å². The minimum atomic E-state index is -0.254. The number of anilines is 3. The van der Waals surface area contributed by atoms with Crippen molar-refractivity contribution in [2.75, 3.05) is 36.9 Å². The molecule has 5 rings (SSSR count). The molecule has 0 spiro atoms. The maximum atomic E-state index is 13.3. The van der Waals surface area contributed by atoms with Crippen molar-refractivity contribution in [1.82, 2.24) is 14.5 Å². The second-order valence-corrected chi connectivity index (χ2v) is 10.9. The molecule has 44 heavy (non-hydrogen) atoms. The molecule has 0 saturated carbocycles. The molecule has 1 fully saturated rings. The van der Waals surface area contributed by atoms with Gasteiger partial charge in [0, 0.05) is 53.9 Å². The van der Waals surface area contributed by atoms with E-state index in [0.717, 1.165) is 36.0 Å². The molecular weight excluding hydrogens is 554 g/mol. The smallest absolute Gasteiger partial charge is 0.293 e. The number of ether oxygens (including phenoxy) is 1. The molecule has 0 aliphatic carbocycles. The fourth-order valence-corrected chi connectivity index (χ4v) is 5.33. The number of unbranched alkanes of at least 4 members (excludes halogenated alkanes) is 1. The van der Waals surface area contributed by atoms with Gasteiger partial charge >= 0.3 is 0 Å². The molecule has 3 aromatic carbocycles. The van der Waals surface area contributed by atoms with E-state index in [4.69, 9.17) is 9.72 Å². The van der Waals surface area contributed by atoms with Gasteiger partial charge in [0.25, 0.3) is 17.4 Å². The number of nitrogens with zero attached hydrogens (tertiary/aromatic N) is 3. The highest BCUT2D eigenvalue weighted by Gasteiger charge is 2.19.